The SMILES string of the molecule is CC1Nc2c(cnc3c2ccn3S(=O)(=O)c2ccccc2)NC1=O. The van der Waals surface area contributed by atoms with Crippen LogP contribution in [0.25, 0.3) is 11.0 Å². The molecule has 122 valence electrons. The minimum atomic E-state index is -3.73. The number of nitrogens with one attached hydrogen (secondary N) is 2. The maximum atomic E-state index is 12.8. The minimum Gasteiger partial charge on any atom is -0.372 e. The average Bonchev–Trinajstić information content (AvgIpc) is 3.02. The van der Waals surface area contributed by atoms with Crippen LogP contribution in [-0.4, -0.2) is 29.3 Å². The third kappa shape index (κ3) is 2.07. The van der Waals surface area contributed by atoms with E-state index in [4.69, 9.17) is 0 Å². The molecule has 0 saturated heterocycles. The summed E-state index contributed by atoms with van der Waals surface area (Å²) in [5.74, 6) is -0.153. The normalized spacial score (nSPS) is 17.2. The van der Waals surface area contributed by atoms with E-state index < -0.39 is 16.1 Å². The standard InChI is InChI=1S/C16H14N4O3S/c1-10-16(21)19-13-9-17-15-12(14(13)18-10)7-8-20(15)24(22,23)11-5-3-2-4-6-11/h2-10,18H,1H3,(H,19,21). The third-order valence-corrected chi connectivity index (χ3v) is 5.67. The predicted molar refractivity (Wildman–Crippen MR) is 90.5 cm³/mol. The first-order chi connectivity index (χ1) is 11.5. The first-order valence-electron chi connectivity index (χ1n) is 7.36. The second-order valence-electron chi connectivity index (χ2n) is 5.57. The van der Waals surface area contributed by atoms with Gasteiger partial charge in [-0.15, -0.1) is 0 Å². The fourth-order valence-electron chi connectivity index (χ4n) is 2.74. The molecule has 4 rings (SSSR count). The van der Waals surface area contributed by atoms with Crippen LogP contribution in [0.15, 0.2) is 53.7 Å². The van der Waals surface area contributed by atoms with E-state index in [1.165, 1.54) is 12.4 Å². The number of benzene rings is 1. The molecule has 0 bridgehead atoms. The zero-order chi connectivity index (χ0) is 16.9. The Hall–Kier alpha value is -2.87. The highest BCUT2D eigenvalue weighted by molar-refractivity contribution is 7.90. The summed E-state index contributed by atoms with van der Waals surface area (Å²) in [6.45, 7) is 1.74. The molecule has 3 heterocycles. The van der Waals surface area contributed by atoms with E-state index in [0.717, 1.165) is 3.97 Å². The van der Waals surface area contributed by atoms with Gasteiger partial charge in [-0.2, -0.15) is 0 Å². The summed E-state index contributed by atoms with van der Waals surface area (Å²) in [6.07, 6.45) is 2.94. The fourth-order valence-corrected chi connectivity index (χ4v) is 4.06. The number of hydrogen-bond acceptors (Lipinski definition) is 5. The van der Waals surface area contributed by atoms with E-state index >= 15 is 0 Å². The maximum Gasteiger partial charge on any atom is 0.269 e. The Morgan fingerprint density at radius 2 is 1.92 bits per heavy atom. The zero-order valence-electron chi connectivity index (χ0n) is 12.7. The van der Waals surface area contributed by atoms with Gasteiger partial charge in [0, 0.05) is 11.6 Å². The van der Waals surface area contributed by atoms with Crippen LogP contribution in [0.3, 0.4) is 0 Å². The number of aromatic nitrogens is 2. The Kier molecular flexibility index (Phi) is 3.10. The second kappa shape index (κ2) is 5.07. The van der Waals surface area contributed by atoms with Gasteiger partial charge in [0.15, 0.2) is 5.65 Å². The molecule has 1 aliphatic heterocycles. The second-order valence-corrected chi connectivity index (χ2v) is 7.38. The van der Waals surface area contributed by atoms with Gasteiger partial charge in [-0.25, -0.2) is 17.4 Å². The van der Waals surface area contributed by atoms with Crippen molar-refractivity contribution in [3.63, 3.8) is 0 Å². The third-order valence-electron chi connectivity index (χ3n) is 3.99. The molecule has 1 amide bonds. The van der Waals surface area contributed by atoms with Crippen molar-refractivity contribution in [1.82, 2.24) is 8.96 Å². The van der Waals surface area contributed by atoms with Crippen LogP contribution >= 0.6 is 0 Å². The van der Waals surface area contributed by atoms with Crippen molar-refractivity contribution in [3.05, 3.63) is 48.8 Å². The first-order valence-corrected chi connectivity index (χ1v) is 8.80. The topological polar surface area (TPSA) is 93.1 Å². The average molecular weight is 342 g/mol. The number of carbonyl (C=O) groups is 1. The van der Waals surface area contributed by atoms with Crippen molar-refractivity contribution < 1.29 is 13.2 Å². The molecule has 0 spiro atoms. The Morgan fingerprint density at radius 1 is 1.17 bits per heavy atom. The summed E-state index contributed by atoms with van der Waals surface area (Å²) in [5, 5.41) is 6.49. The largest absolute Gasteiger partial charge is 0.372 e. The van der Waals surface area contributed by atoms with Gasteiger partial charge in [-0.1, -0.05) is 18.2 Å². The van der Waals surface area contributed by atoms with E-state index in [9.17, 15) is 13.2 Å². The van der Waals surface area contributed by atoms with Crippen molar-refractivity contribution in [1.29, 1.82) is 0 Å². The van der Waals surface area contributed by atoms with E-state index in [0.29, 0.717) is 22.4 Å². The Balaban J connectivity index is 1.91. The monoisotopic (exact) mass is 342 g/mol. The molecule has 0 saturated carbocycles. The van der Waals surface area contributed by atoms with Gasteiger partial charge in [-0.3, -0.25) is 4.79 Å². The zero-order valence-corrected chi connectivity index (χ0v) is 13.5. The van der Waals surface area contributed by atoms with Gasteiger partial charge >= 0.3 is 0 Å². The van der Waals surface area contributed by atoms with Gasteiger partial charge < -0.3 is 10.6 Å². The highest BCUT2D eigenvalue weighted by Gasteiger charge is 2.26. The van der Waals surface area contributed by atoms with Crippen molar-refractivity contribution in [2.75, 3.05) is 10.6 Å². The van der Waals surface area contributed by atoms with Gasteiger partial charge in [0.25, 0.3) is 10.0 Å². The van der Waals surface area contributed by atoms with Crippen LogP contribution in [0.1, 0.15) is 6.92 Å². The lowest BCUT2D eigenvalue weighted by Crippen LogP contribution is -2.36. The number of fused-ring (bicyclic) bond motifs is 3. The molecule has 0 fully saturated rings. The van der Waals surface area contributed by atoms with E-state index in [1.807, 2.05) is 0 Å². The molecule has 7 nitrogen and oxygen atoms in total. The van der Waals surface area contributed by atoms with E-state index in [1.54, 1.807) is 43.3 Å². The smallest absolute Gasteiger partial charge is 0.269 e. The van der Waals surface area contributed by atoms with Gasteiger partial charge in [-0.05, 0) is 25.1 Å². The summed E-state index contributed by atoms with van der Waals surface area (Å²) in [7, 11) is -3.73. The number of anilines is 2. The van der Waals surface area contributed by atoms with Crippen LogP contribution in [0, 0.1) is 0 Å². The van der Waals surface area contributed by atoms with Crippen LogP contribution < -0.4 is 10.6 Å². The summed E-state index contributed by atoms with van der Waals surface area (Å²) in [5.41, 5.74) is 1.53. The molecule has 1 atom stereocenters. The van der Waals surface area contributed by atoms with Crippen LogP contribution in [0.2, 0.25) is 0 Å². The summed E-state index contributed by atoms with van der Waals surface area (Å²) in [6, 6.07) is 9.46. The summed E-state index contributed by atoms with van der Waals surface area (Å²) < 4.78 is 26.8. The number of carbonyl (C=O) groups excluding carboxylic acids is 1. The van der Waals surface area contributed by atoms with Crippen molar-refractivity contribution >= 4 is 38.3 Å². The Morgan fingerprint density at radius 3 is 2.67 bits per heavy atom. The molecule has 8 heteroatoms. The molecule has 3 aromatic rings. The highest BCUT2D eigenvalue weighted by Crippen LogP contribution is 2.34. The highest BCUT2D eigenvalue weighted by atomic mass is 32.2. The lowest BCUT2D eigenvalue weighted by atomic mass is 10.1. The predicted octanol–water partition coefficient (Wildman–Crippen LogP) is 2.03. The van der Waals surface area contributed by atoms with E-state index in [2.05, 4.69) is 15.6 Å². The molecule has 1 aliphatic rings. The van der Waals surface area contributed by atoms with Crippen LogP contribution in [-0.2, 0) is 14.8 Å². The molecule has 0 aliphatic carbocycles. The number of amides is 1. The van der Waals surface area contributed by atoms with Gasteiger partial charge in [0.2, 0.25) is 5.91 Å². The van der Waals surface area contributed by atoms with E-state index in [-0.39, 0.29) is 10.8 Å². The molecular formula is C16H14N4O3S. The number of nitrogens with zero attached hydrogens (tertiary/aromatic N) is 2. The number of rotatable bonds is 2. The van der Waals surface area contributed by atoms with Crippen LogP contribution in [0.5, 0.6) is 0 Å². The maximum absolute atomic E-state index is 12.8. The molecule has 1 aromatic carbocycles. The van der Waals surface area contributed by atoms with Crippen molar-refractivity contribution in [3.8, 4) is 0 Å². The quantitative estimate of drug-likeness (QED) is 0.743. The van der Waals surface area contributed by atoms with Crippen LogP contribution in [0.4, 0.5) is 11.4 Å². The number of pyridine rings is 1. The van der Waals surface area contributed by atoms with Crippen molar-refractivity contribution in [2.24, 2.45) is 0 Å². The number of hydrogen-bond donors (Lipinski definition) is 2. The fraction of sp³-hybridized carbons (Fsp3) is 0.125. The molecule has 1 unspecified atom stereocenters. The molecule has 24 heavy (non-hydrogen) atoms. The molecule has 0 radical (unpaired) electrons. The molecule has 2 N–H and O–H groups in total. The van der Waals surface area contributed by atoms with Crippen molar-refractivity contribution in [2.45, 2.75) is 17.9 Å². The molecular weight excluding hydrogens is 328 g/mol. The minimum absolute atomic E-state index is 0.153. The van der Waals surface area contributed by atoms with Gasteiger partial charge in [0.05, 0.1) is 22.5 Å². The first kappa shape index (κ1) is 14.7. The van der Waals surface area contributed by atoms with Gasteiger partial charge in [0.1, 0.15) is 6.04 Å². The summed E-state index contributed by atoms with van der Waals surface area (Å²) in [4.78, 5) is 16.2. The summed E-state index contributed by atoms with van der Waals surface area (Å²) >= 11 is 0. The lowest BCUT2D eigenvalue weighted by molar-refractivity contribution is -0.116. The lowest BCUT2D eigenvalue weighted by Gasteiger charge is -2.24. The Bertz CT molecular complexity index is 1060. The Labute approximate surface area is 138 Å². The molecule has 2 aromatic heterocycles.